The summed E-state index contributed by atoms with van der Waals surface area (Å²) >= 11 is 0. The summed E-state index contributed by atoms with van der Waals surface area (Å²) in [7, 11) is -4.17. The number of hydrogen-bond donors (Lipinski definition) is 4. The van der Waals surface area contributed by atoms with Gasteiger partial charge in [-0.2, -0.15) is 0 Å². The first-order valence-corrected chi connectivity index (χ1v) is 11.7. The summed E-state index contributed by atoms with van der Waals surface area (Å²) in [5.41, 5.74) is 0.377. The smallest absolute Gasteiger partial charge is 0.395 e. The molecule has 178 valence electrons. The number of aliphatic hydroxyl groups is 1. The lowest BCUT2D eigenvalue weighted by Crippen LogP contribution is -2.31. The van der Waals surface area contributed by atoms with E-state index in [-0.39, 0.29) is 35.4 Å². The highest BCUT2D eigenvalue weighted by molar-refractivity contribution is 7.90. The lowest BCUT2D eigenvalue weighted by atomic mass is 10.2. The molecule has 4 N–H and O–H groups in total. The van der Waals surface area contributed by atoms with Gasteiger partial charge in [-0.1, -0.05) is 19.8 Å². The fourth-order valence-corrected chi connectivity index (χ4v) is 3.55. The van der Waals surface area contributed by atoms with Crippen LogP contribution in [-0.2, 0) is 14.8 Å². The number of rotatable bonds is 11. The molecule has 2 aromatic rings. The van der Waals surface area contributed by atoms with Crippen LogP contribution in [0, 0.1) is 0 Å². The number of carbonyl (C=O) groups excluding carboxylic acids is 3. The van der Waals surface area contributed by atoms with Crippen molar-refractivity contribution in [1.82, 2.24) is 15.0 Å². The monoisotopic (exact) mass is 478 g/mol. The van der Waals surface area contributed by atoms with Crippen molar-refractivity contribution in [2.45, 2.75) is 37.5 Å². The first kappa shape index (κ1) is 25.7. The molecule has 3 amide bonds. The summed E-state index contributed by atoms with van der Waals surface area (Å²) in [5.74, 6) is -1.19. The minimum Gasteiger partial charge on any atom is -0.395 e. The van der Waals surface area contributed by atoms with Crippen LogP contribution in [0.1, 0.15) is 43.0 Å². The first-order chi connectivity index (χ1) is 15.7. The summed E-state index contributed by atoms with van der Waals surface area (Å²) in [5, 5.41) is 13.6. The second kappa shape index (κ2) is 12.5. The zero-order valence-corrected chi connectivity index (χ0v) is 18.9. The number of aliphatic hydroxyl groups excluding tert-OH is 1. The van der Waals surface area contributed by atoms with Crippen molar-refractivity contribution in [3.8, 4) is 5.88 Å². The second-order valence-corrected chi connectivity index (χ2v) is 8.57. The number of nitrogens with one attached hydrogen (secondary N) is 3. The topological polar surface area (TPSA) is 164 Å². The van der Waals surface area contributed by atoms with E-state index in [2.05, 4.69) is 15.6 Å². The van der Waals surface area contributed by atoms with E-state index in [1.165, 1.54) is 36.4 Å². The van der Waals surface area contributed by atoms with E-state index in [1.54, 1.807) is 0 Å². The zero-order chi connectivity index (χ0) is 24.3. The van der Waals surface area contributed by atoms with Crippen LogP contribution < -0.4 is 20.1 Å². The largest absolute Gasteiger partial charge is 0.414 e. The van der Waals surface area contributed by atoms with Gasteiger partial charge >= 0.3 is 6.09 Å². The third kappa shape index (κ3) is 8.50. The third-order valence-electron chi connectivity index (χ3n) is 4.26. The standard InChI is InChI=1S/C21H26N4O7S/c1-2-3-4-5-18(27)24-16-7-9-17(10-8-16)33(30,31)25-20(28)15-6-11-19(23-14-15)32-21(29)22-12-13-26/h6-11,14,26H,2-5,12-13H2,1H3,(H,22,29)(H,24,27)(H,25,28). The number of aromatic nitrogens is 1. The van der Waals surface area contributed by atoms with Crippen LogP contribution in [-0.4, -0.2) is 49.6 Å². The summed E-state index contributed by atoms with van der Waals surface area (Å²) < 4.78 is 31.8. The van der Waals surface area contributed by atoms with E-state index >= 15 is 0 Å². The van der Waals surface area contributed by atoms with Gasteiger partial charge < -0.3 is 20.5 Å². The molecule has 0 saturated carbocycles. The predicted molar refractivity (Wildman–Crippen MR) is 119 cm³/mol. The van der Waals surface area contributed by atoms with Gasteiger partial charge in [-0.15, -0.1) is 0 Å². The molecule has 0 aliphatic carbocycles. The molecule has 0 radical (unpaired) electrons. The lowest BCUT2D eigenvalue weighted by molar-refractivity contribution is -0.116. The number of unbranched alkanes of at least 4 members (excludes halogenated alkanes) is 2. The molecule has 0 unspecified atom stereocenters. The van der Waals surface area contributed by atoms with Gasteiger partial charge in [0.2, 0.25) is 11.8 Å². The van der Waals surface area contributed by atoms with Gasteiger partial charge in [-0.25, -0.2) is 22.9 Å². The maximum absolute atomic E-state index is 12.5. The van der Waals surface area contributed by atoms with Crippen molar-refractivity contribution in [3.05, 3.63) is 48.2 Å². The molecule has 33 heavy (non-hydrogen) atoms. The number of benzene rings is 1. The summed E-state index contributed by atoms with van der Waals surface area (Å²) in [4.78, 5) is 39.2. The molecule has 1 heterocycles. The Morgan fingerprint density at radius 1 is 1.06 bits per heavy atom. The Hall–Kier alpha value is -3.51. The average molecular weight is 479 g/mol. The zero-order valence-electron chi connectivity index (χ0n) is 18.0. The molecule has 0 bridgehead atoms. The van der Waals surface area contributed by atoms with Crippen molar-refractivity contribution in [3.63, 3.8) is 0 Å². The van der Waals surface area contributed by atoms with Gasteiger partial charge in [0, 0.05) is 30.9 Å². The minimum atomic E-state index is -4.17. The van der Waals surface area contributed by atoms with E-state index in [4.69, 9.17) is 9.84 Å². The molecule has 12 heteroatoms. The minimum absolute atomic E-state index is 0.00346. The molecule has 0 atom stereocenters. The molecular formula is C21H26N4O7S. The number of sulfonamides is 1. The first-order valence-electron chi connectivity index (χ1n) is 10.2. The summed E-state index contributed by atoms with van der Waals surface area (Å²) in [6.45, 7) is 1.79. The number of hydrogen-bond acceptors (Lipinski definition) is 8. The summed E-state index contributed by atoms with van der Waals surface area (Å²) in [6, 6.07) is 7.88. The molecule has 0 aliphatic heterocycles. The molecule has 0 spiro atoms. The van der Waals surface area contributed by atoms with Crippen LogP contribution >= 0.6 is 0 Å². The molecule has 1 aromatic heterocycles. The van der Waals surface area contributed by atoms with Crippen molar-refractivity contribution >= 4 is 33.6 Å². The fourth-order valence-electron chi connectivity index (χ4n) is 2.58. The number of anilines is 1. The van der Waals surface area contributed by atoms with Crippen molar-refractivity contribution in [2.24, 2.45) is 0 Å². The van der Waals surface area contributed by atoms with Crippen LogP contribution in [0.5, 0.6) is 5.88 Å². The van der Waals surface area contributed by atoms with Crippen LogP contribution in [0.25, 0.3) is 0 Å². The highest BCUT2D eigenvalue weighted by Crippen LogP contribution is 2.16. The Balaban J connectivity index is 1.95. The maximum Gasteiger partial charge on any atom is 0.414 e. The van der Waals surface area contributed by atoms with Crippen LogP contribution in [0.4, 0.5) is 10.5 Å². The SMILES string of the molecule is CCCCCC(=O)Nc1ccc(S(=O)(=O)NC(=O)c2ccc(OC(=O)NCCO)nc2)cc1. The van der Waals surface area contributed by atoms with Gasteiger partial charge in [-0.05, 0) is 36.8 Å². The van der Waals surface area contributed by atoms with Crippen LogP contribution in [0.15, 0.2) is 47.5 Å². The molecular weight excluding hydrogens is 452 g/mol. The molecule has 0 fully saturated rings. The highest BCUT2D eigenvalue weighted by atomic mass is 32.2. The van der Waals surface area contributed by atoms with Crippen molar-refractivity contribution < 1.29 is 32.6 Å². The molecule has 0 aliphatic rings. The Kier molecular flexibility index (Phi) is 9.76. The third-order valence-corrected chi connectivity index (χ3v) is 5.61. The molecule has 1 aromatic carbocycles. The Morgan fingerprint density at radius 2 is 1.79 bits per heavy atom. The second-order valence-electron chi connectivity index (χ2n) is 6.89. The molecule has 2 rings (SSSR count). The van der Waals surface area contributed by atoms with Gasteiger partial charge in [0.1, 0.15) is 0 Å². The van der Waals surface area contributed by atoms with Crippen LogP contribution in [0.2, 0.25) is 0 Å². The fraction of sp³-hybridized carbons (Fsp3) is 0.333. The van der Waals surface area contributed by atoms with E-state index in [0.717, 1.165) is 25.5 Å². The van der Waals surface area contributed by atoms with Crippen LogP contribution in [0.3, 0.4) is 0 Å². The lowest BCUT2D eigenvalue weighted by Gasteiger charge is -2.09. The van der Waals surface area contributed by atoms with E-state index < -0.39 is 22.0 Å². The number of pyridine rings is 1. The molecule has 0 saturated heterocycles. The van der Waals surface area contributed by atoms with Crippen molar-refractivity contribution in [1.29, 1.82) is 0 Å². The Bertz CT molecular complexity index is 1060. The van der Waals surface area contributed by atoms with Crippen molar-refractivity contribution in [2.75, 3.05) is 18.5 Å². The number of carbonyl (C=O) groups is 3. The van der Waals surface area contributed by atoms with Gasteiger partial charge in [-0.3, -0.25) is 9.59 Å². The quantitative estimate of drug-likeness (QED) is 0.355. The maximum atomic E-state index is 12.5. The normalized spacial score (nSPS) is 10.8. The molecule has 11 nitrogen and oxygen atoms in total. The van der Waals surface area contributed by atoms with Gasteiger partial charge in [0.25, 0.3) is 15.9 Å². The summed E-state index contributed by atoms with van der Waals surface area (Å²) in [6.07, 6.45) is 3.33. The van der Waals surface area contributed by atoms with E-state index in [9.17, 15) is 22.8 Å². The average Bonchev–Trinajstić information content (AvgIpc) is 2.78. The van der Waals surface area contributed by atoms with E-state index in [0.29, 0.717) is 12.1 Å². The Labute approximate surface area is 191 Å². The number of amides is 3. The number of ether oxygens (including phenoxy) is 1. The number of nitrogens with zero attached hydrogens (tertiary/aromatic N) is 1. The van der Waals surface area contributed by atoms with Gasteiger partial charge in [0.15, 0.2) is 0 Å². The van der Waals surface area contributed by atoms with Gasteiger partial charge in [0.05, 0.1) is 17.1 Å². The Morgan fingerprint density at radius 3 is 2.39 bits per heavy atom. The predicted octanol–water partition coefficient (Wildman–Crippen LogP) is 1.80. The van der Waals surface area contributed by atoms with E-state index in [1.807, 2.05) is 11.6 Å². The highest BCUT2D eigenvalue weighted by Gasteiger charge is 2.19.